The highest BCUT2D eigenvalue weighted by molar-refractivity contribution is 14.1. The molecule has 0 atom stereocenters. The molecule has 94 valence electrons. The second-order valence-corrected chi connectivity index (χ2v) is 5.26. The topological polar surface area (TPSA) is 45.8 Å². The Labute approximate surface area is 120 Å². The molecule has 18 heavy (non-hydrogen) atoms. The molecule has 0 amide bonds. The molecule has 1 aromatic heterocycles. The van der Waals surface area contributed by atoms with Gasteiger partial charge in [0.25, 0.3) is 5.56 Å². The zero-order chi connectivity index (χ0) is 13.0. The van der Waals surface area contributed by atoms with Crippen LogP contribution in [0.15, 0.2) is 35.1 Å². The number of nitrogens with one attached hydrogen (secondary N) is 1. The maximum absolute atomic E-state index is 11.8. The van der Waals surface area contributed by atoms with E-state index in [4.69, 9.17) is 0 Å². The first kappa shape index (κ1) is 13.3. The number of rotatable bonds is 4. The minimum Gasteiger partial charge on any atom is -0.309 e. The van der Waals surface area contributed by atoms with Gasteiger partial charge in [-0.2, -0.15) is 0 Å². The van der Waals surface area contributed by atoms with Crippen LogP contribution in [-0.4, -0.2) is 9.97 Å². The molecule has 0 bridgehead atoms. The lowest BCUT2D eigenvalue weighted by atomic mass is 10.1. The van der Waals surface area contributed by atoms with Gasteiger partial charge in [-0.1, -0.05) is 43.7 Å². The van der Waals surface area contributed by atoms with Crippen LogP contribution in [0.1, 0.15) is 30.4 Å². The van der Waals surface area contributed by atoms with Crippen molar-refractivity contribution in [1.29, 1.82) is 0 Å². The van der Waals surface area contributed by atoms with E-state index in [0.717, 1.165) is 29.9 Å². The third-order valence-electron chi connectivity index (χ3n) is 2.68. The number of hydrogen-bond donors (Lipinski definition) is 1. The summed E-state index contributed by atoms with van der Waals surface area (Å²) in [6, 6.07) is 10.0. The summed E-state index contributed by atoms with van der Waals surface area (Å²) < 4.78 is 0.714. The fourth-order valence-corrected chi connectivity index (χ4v) is 2.36. The Morgan fingerprint density at radius 3 is 2.67 bits per heavy atom. The van der Waals surface area contributed by atoms with Crippen LogP contribution in [0.3, 0.4) is 0 Å². The Morgan fingerprint density at radius 2 is 2.00 bits per heavy atom. The quantitative estimate of drug-likeness (QED) is 0.859. The number of hydrogen-bond acceptors (Lipinski definition) is 2. The van der Waals surface area contributed by atoms with Crippen molar-refractivity contribution in [2.24, 2.45) is 0 Å². The van der Waals surface area contributed by atoms with E-state index in [2.05, 4.69) is 39.5 Å². The minimum absolute atomic E-state index is 0.0278. The fraction of sp³-hybridized carbons (Fsp3) is 0.286. The molecule has 0 spiro atoms. The highest BCUT2D eigenvalue weighted by Crippen LogP contribution is 2.09. The molecule has 0 aliphatic rings. The normalized spacial score (nSPS) is 10.6. The average Bonchev–Trinajstić information content (AvgIpc) is 2.37. The van der Waals surface area contributed by atoms with Gasteiger partial charge in [-0.05, 0) is 34.6 Å². The van der Waals surface area contributed by atoms with Crippen LogP contribution in [0.2, 0.25) is 0 Å². The summed E-state index contributed by atoms with van der Waals surface area (Å²) in [4.78, 5) is 19.2. The number of halogens is 1. The predicted octanol–water partition coefficient (Wildman–Crippen LogP) is 2.92. The van der Waals surface area contributed by atoms with E-state index in [0.29, 0.717) is 9.99 Å². The molecule has 1 aromatic carbocycles. The van der Waals surface area contributed by atoms with Crippen molar-refractivity contribution in [3.05, 3.63) is 61.3 Å². The van der Waals surface area contributed by atoms with Gasteiger partial charge in [-0.15, -0.1) is 0 Å². The van der Waals surface area contributed by atoms with E-state index in [1.165, 1.54) is 0 Å². The fourth-order valence-electron chi connectivity index (χ4n) is 1.83. The first-order chi connectivity index (χ1) is 8.70. The predicted molar refractivity (Wildman–Crippen MR) is 80.8 cm³/mol. The van der Waals surface area contributed by atoms with E-state index < -0.39 is 0 Å². The first-order valence-corrected chi connectivity index (χ1v) is 7.10. The summed E-state index contributed by atoms with van der Waals surface area (Å²) in [5.41, 5.74) is 2.04. The van der Waals surface area contributed by atoms with Gasteiger partial charge in [0.05, 0.1) is 9.26 Å². The van der Waals surface area contributed by atoms with Crippen molar-refractivity contribution in [3.8, 4) is 0 Å². The number of benzene rings is 1. The molecule has 0 unspecified atom stereocenters. The summed E-state index contributed by atoms with van der Waals surface area (Å²) in [5.74, 6) is 0.745. The smallest absolute Gasteiger partial charge is 0.264 e. The van der Waals surface area contributed by atoms with Gasteiger partial charge in [-0.3, -0.25) is 4.79 Å². The summed E-state index contributed by atoms with van der Waals surface area (Å²) in [7, 11) is 0. The standard InChI is InChI=1S/C14H15IN2O/c1-2-6-11-13(15)14(18)17-12(16-11)9-10-7-4-3-5-8-10/h3-5,7-8H,2,6,9H2,1H3,(H,16,17,18). The van der Waals surface area contributed by atoms with Crippen molar-refractivity contribution in [2.45, 2.75) is 26.2 Å². The zero-order valence-electron chi connectivity index (χ0n) is 10.2. The molecule has 0 saturated heterocycles. The Morgan fingerprint density at radius 1 is 1.28 bits per heavy atom. The van der Waals surface area contributed by atoms with Crippen molar-refractivity contribution in [2.75, 3.05) is 0 Å². The molecule has 1 heterocycles. The van der Waals surface area contributed by atoms with Crippen molar-refractivity contribution in [3.63, 3.8) is 0 Å². The average molecular weight is 354 g/mol. The number of aromatic amines is 1. The third kappa shape index (κ3) is 3.19. The first-order valence-electron chi connectivity index (χ1n) is 6.02. The number of H-pyrrole nitrogens is 1. The number of aromatic nitrogens is 2. The highest BCUT2D eigenvalue weighted by Gasteiger charge is 2.08. The van der Waals surface area contributed by atoms with Crippen molar-refractivity contribution < 1.29 is 0 Å². The lowest BCUT2D eigenvalue weighted by Gasteiger charge is -2.06. The molecular formula is C14H15IN2O. The van der Waals surface area contributed by atoms with E-state index in [1.54, 1.807) is 0 Å². The monoisotopic (exact) mass is 354 g/mol. The maximum Gasteiger partial charge on any atom is 0.264 e. The lowest BCUT2D eigenvalue weighted by molar-refractivity contribution is 0.822. The Kier molecular flexibility index (Phi) is 4.52. The van der Waals surface area contributed by atoms with Crippen molar-refractivity contribution >= 4 is 22.6 Å². The Hall–Kier alpha value is -1.17. The van der Waals surface area contributed by atoms with E-state index in [1.807, 2.05) is 30.3 Å². The van der Waals surface area contributed by atoms with Gasteiger partial charge >= 0.3 is 0 Å². The highest BCUT2D eigenvalue weighted by atomic mass is 127. The zero-order valence-corrected chi connectivity index (χ0v) is 12.4. The van der Waals surface area contributed by atoms with Gasteiger partial charge < -0.3 is 4.98 Å². The van der Waals surface area contributed by atoms with Gasteiger partial charge in [0.2, 0.25) is 0 Å². The third-order valence-corrected chi connectivity index (χ3v) is 3.79. The van der Waals surface area contributed by atoms with Gasteiger partial charge in [0, 0.05) is 6.42 Å². The van der Waals surface area contributed by atoms with Crippen LogP contribution >= 0.6 is 22.6 Å². The second-order valence-electron chi connectivity index (χ2n) is 4.19. The van der Waals surface area contributed by atoms with E-state index in [9.17, 15) is 4.79 Å². The minimum atomic E-state index is -0.0278. The molecule has 1 N–H and O–H groups in total. The van der Waals surface area contributed by atoms with E-state index in [-0.39, 0.29) is 5.56 Å². The molecule has 0 aliphatic carbocycles. The molecule has 4 heteroatoms. The summed E-state index contributed by atoms with van der Waals surface area (Å²) in [5, 5.41) is 0. The molecule has 3 nitrogen and oxygen atoms in total. The Balaban J connectivity index is 2.32. The summed E-state index contributed by atoms with van der Waals surface area (Å²) in [6.07, 6.45) is 2.52. The largest absolute Gasteiger partial charge is 0.309 e. The molecule has 0 saturated carbocycles. The summed E-state index contributed by atoms with van der Waals surface area (Å²) in [6.45, 7) is 2.09. The molecule has 2 aromatic rings. The molecular weight excluding hydrogens is 339 g/mol. The van der Waals surface area contributed by atoms with Crippen LogP contribution in [0.25, 0.3) is 0 Å². The maximum atomic E-state index is 11.8. The number of nitrogens with zero attached hydrogens (tertiary/aromatic N) is 1. The molecule has 0 radical (unpaired) electrons. The van der Waals surface area contributed by atoms with Crippen LogP contribution < -0.4 is 5.56 Å². The second kappa shape index (κ2) is 6.13. The molecule has 0 fully saturated rings. The lowest BCUT2D eigenvalue weighted by Crippen LogP contribution is -2.18. The van der Waals surface area contributed by atoms with Crippen LogP contribution in [0, 0.1) is 3.57 Å². The van der Waals surface area contributed by atoms with Gasteiger partial charge in [0.1, 0.15) is 5.82 Å². The van der Waals surface area contributed by atoms with Crippen LogP contribution in [0.5, 0.6) is 0 Å². The van der Waals surface area contributed by atoms with Gasteiger partial charge in [-0.25, -0.2) is 4.98 Å². The van der Waals surface area contributed by atoms with E-state index >= 15 is 0 Å². The molecule has 2 rings (SSSR count). The van der Waals surface area contributed by atoms with Crippen molar-refractivity contribution in [1.82, 2.24) is 9.97 Å². The Bertz CT molecular complexity index is 578. The molecule has 0 aliphatic heterocycles. The van der Waals surface area contributed by atoms with Crippen LogP contribution in [0.4, 0.5) is 0 Å². The van der Waals surface area contributed by atoms with Crippen LogP contribution in [-0.2, 0) is 12.8 Å². The van der Waals surface area contributed by atoms with Gasteiger partial charge in [0.15, 0.2) is 0 Å². The summed E-state index contributed by atoms with van der Waals surface area (Å²) >= 11 is 2.07. The number of aryl methyl sites for hydroxylation is 1. The SMILES string of the molecule is CCCc1nc(Cc2ccccc2)[nH]c(=O)c1I.